The Morgan fingerprint density at radius 1 is 1.17 bits per heavy atom. The smallest absolute Gasteiger partial charge is 0.271 e. The first-order chi connectivity index (χ1) is 11.0. The maximum Gasteiger partial charge on any atom is 0.271 e. The number of rotatable bonds is 4. The minimum Gasteiger partial charge on any atom is -0.339 e. The summed E-state index contributed by atoms with van der Waals surface area (Å²) < 4.78 is 27.6. The molecule has 1 amide bonds. The van der Waals surface area contributed by atoms with Gasteiger partial charge in [0.2, 0.25) is 0 Å². The number of hydrogen-bond acceptors (Lipinski definition) is 4. The number of carbonyl (C=O) groups excluding carboxylic acids is 1. The fraction of sp³-hybridized carbons (Fsp3) is 0.267. The molecule has 0 atom stereocenters. The number of nitrogens with zero attached hydrogens (tertiary/aromatic N) is 1. The summed E-state index contributed by atoms with van der Waals surface area (Å²) in [6.45, 7) is 1.50. The van der Waals surface area contributed by atoms with Crippen LogP contribution < -0.4 is 4.72 Å². The zero-order chi connectivity index (χ0) is 16.4. The normalized spacial score (nSPS) is 14.9. The van der Waals surface area contributed by atoms with Crippen LogP contribution in [-0.4, -0.2) is 32.3 Å². The molecule has 23 heavy (non-hydrogen) atoms. The number of anilines is 1. The zero-order valence-corrected chi connectivity index (χ0v) is 14.5. The molecule has 0 saturated carbocycles. The highest BCUT2D eigenvalue weighted by Crippen LogP contribution is 2.27. The first kappa shape index (κ1) is 16.3. The molecular formula is C15H15ClN2O3S2. The lowest BCUT2D eigenvalue weighted by molar-refractivity contribution is 0.0793. The van der Waals surface area contributed by atoms with Crippen LogP contribution in [0.3, 0.4) is 0 Å². The van der Waals surface area contributed by atoms with Crippen molar-refractivity contribution in [1.29, 1.82) is 0 Å². The number of benzene rings is 1. The van der Waals surface area contributed by atoms with Crippen LogP contribution in [0.25, 0.3) is 0 Å². The molecule has 0 unspecified atom stereocenters. The Balaban J connectivity index is 1.81. The number of nitrogens with one attached hydrogen (secondary N) is 1. The Morgan fingerprint density at radius 3 is 2.57 bits per heavy atom. The molecule has 1 aliphatic heterocycles. The van der Waals surface area contributed by atoms with Crippen molar-refractivity contribution in [3.8, 4) is 0 Å². The summed E-state index contributed by atoms with van der Waals surface area (Å²) in [4.78, 5) is 14.2. The lowest BCUT2D eigenvalue weighted by atomic mass is 10.2. The SMILES string of the molecule is O=C(c1cccc(NS(=O)(=O)c2ccc(Cl)s2)c1)N1CCCC1. The van der Waals surface area contributed by atoms with E-state index in [1.807, 2.05) is 0 Å². The van der Waals surface area contributed by atoms with Gasteiger partial charge in [-0.2, -0.15) is 0 Å². The summed E-state index contributed by atoms with van der Waals surface area (Å²) in [5.41, 5.74) is 0.843. The average molecular weight is 371 g/mol. The molecule has 1 saturated heterocycles. The highest BCUT2D eigenvalue weighted by atomic mass is 35.5. The number of thiophene rings is 1. The van der Waals surface area contributed by atoms with E-state index in [4.69, 9.17) is 11.6 Å². The first-order valence-electron chi connectivity index (χ1n) is 7.13. The van der Waals surface area contributed by atoms with Crippen molar-refractivity contribution in [3.63, 3.8) is 0 Å². The molecule has 1 aromatic heterocycles. The third-order valence-corrected chi connectivity index (χ3v) is 6.67. The van der Waals surface area contributed by atoms with Crippen molar-refractivity contribution in [1.82, 2.24) is 4.90 Å². The Labute approximate surface area is 143 Å². The monoisotopic (exact) mass is 370 g/mol. The first-order valence-corrected chi connectivity index (χ1v) is 9.81. The van der Waals surface area contributed by atoms with E-state index in [1.54, 1.807) is 29.2 Å². The van der Waals surface area contributed by atoms with Crippen LogP contribution in [0.4, 0.5) is 5.69 Å². The number of carbonyl (C=O) groups is 1. The number of sulfonamides is 1. The molecule has 2 aromatic rings. The van der Waals surface area contributed by atoms with Gasteiger partial charge in [0.15, 0.2) is 0 Å². The van der Waals surface area contributed by atoms with Gasteiger partial charge in [-0.15, -0.1) is 11.3 Å². The van der Waals surface area contributed by atoms with Gasteiger partial charge in [0.25, 0.3) is 15.9 Å². The Morgan fingerprint density at radius 2 is 1.91 bits per heavy atom. The summed E-state index contributed by atoms with van der Waals surface area (Å²) in [5, 5.41) is 0. The lowest BCUT2D eigenvalue weighted by Crippen LogP contribution is -2.27. The van der Waals surface area contributed by atoms with Gasteiger partial charge < -0.3 is 4.90 Å². The average Bonchev–Trinajstić information content (AvgIpc) is 3.17. The van der Waals surface area contributed by atoms with Gasteiger partial charge in [-0.05, 0) is 43.2 Å². The summed E-state index contributed by atoms with van der Waals surface area (Å²) in [6, 6.07) is 9.53. The molecule has 122 valence electrons. The van der Waals surface area contributed by atoms with Crippen LogP contribution in [0.15, 0.2) is 40.6 Å². The van der Waals surface area contributed by atoms with Gasteiger partial charge in [0, 0.05) is 24.3 Å². The van der Waals surface area contributed by atoms with E-state index in [-0.39, 0.29) is 10.1 Å². The van der Waals surface area contributed by atoms with E-state index in [0.717, 1.165) is 37.3 Å². The molecule has 0 bridgehead atoms. The van der Waals surface area contributed by atoms with E-state index in [0.29, 0.717) is 15.6 Å². The van der Waals surface area contributed by atoms with E-state index in [1.165, 1.54) is 12.1 Å². The molecule has 1 N–H and O–H groups in total. The molecule has 0 aliphatic carbocycles. The third kappa shape index (κ3) is 3.68. The molecule has 0 spiro atoms. The molecule has 1 aromatic carbocycles. The molecule has 1 aliphatic rings. The van der Waals surface area contributed by atoms with Crippen LogP contribution in [0.2, 0.25) is 4.34 Å². The van der Waals surface area contributed by atoms with Crippen LogP contribution >= 0.6 is 22.9 Å². The molecule has 2 heterocycles. The number of halogens is 1. The van der Waals surface area contributed by atoms with Crippen molar-refractivity contribution >= 4 is 44.6 Å². The summed E-state index contributed by atoms with van der Waals surface area (Å²) in [6.07, 6.45) is 2.02. The maximum absolute atomic E-state index is 12.4. The highest BCUT2D eigenvalue weighted by Gasteiger charge is 2.21. The van der Waals surface area contributed by atoms with E-state index in [2.05, 4.69) is 4.72 Å². The zero-order valence-electron chi connectivity index (χ0n) is 12.2. The van der Waals surface area contributed by atoms with E-state index in [9.17, 15) is 13.2 Å². The summed E-state index contributed by atoms with van der Waals surface area (Å²) in [5.74, 6) is -0.0669. The molecule has 1 fully saturated rings. The second-order valence-corrected chi connectivity index (χ2v) is 8.87. The quantitative estimate of drug-likeness (QED) is 0.896. The topological polar surface area (TPSA) is 66.5 Å². The molecule has 5 nitrogen and oxygen atoms in total. The minimum absolute atomic E-state index is 0.0669. The molecule has 0 radical (unpaired) electrons. The summed E-state index contributed by atoms with van der Waals surface area (Å²) in [7, 11) is -3.69. The number of likely N-dealkylation sites (tertiary alicyclic amines) is 1. The van der Waals surface area contributed by atoms with Crippen molar-refractivity contribution in [2.45, 2.75) is 17.1 Å². The van der Waals surface area contributed by atoms with Crippen LogP contribution in [-0.2, 0) is 10.0 Å². The Kier molecular flexibility index (Phi) is 4.61. The fourth-order valence-corrected chi connectivity index (χ4v) is 5.00. The second-order valence-electron chi connectivity index (χ2n) is 5.24. The third-order valence-electron chi connectivity index (χ3n) is 3.57. The van der Waals surface area contributed by atoms with Crippen molar-refractivity contribution in [2.75, 3.05) is 17.8 Å². The van der Waals surface area contributed by atoms with Crippen LogP contribution in [0.5, 0.6) is 0 Å². The summed E-state index contributed by atoms with van der Waals surface area (Å²) >= 11 is 6.77. The van der Waals surface area contributed by atoms with E-state index >= 15 is 0 Å². The van der Waals surface area contributed by atoms with Gasteiger partial charge in [0.05, 0.1) is 4.34 Å². The van der Waals surface area contributed by atoms with Crippen molar-refractivity contribution in [3.05, 3.63) is 46.3 Å². The Hall–Kier alpha value is -1.57. The van der Waals surface area contributed by atoms with Gasteiger partial charge >= 0.3 is 0 Å². The van der Waals surface area contributed by atoms with Gasteiger partial charge in [0.1, 0.15) is 4.21 Å². The van der Waals surface area contributed by atoms with Gasteiger partial charge in [-0.1, -0.05) is 17.7 Å². The second kappa shape index (κ2) is 6.51. The molecule has 8 heteroatoms. The van der Waals surface area contributed by atoms with Gasteiger partial charge in [-0.25, -0.2) is 8.42 Å². The number of hydrogen-bond donors (Lipinski definition) is 1. The van der Waals surface area contributed by atoms with Crippen molar-refractivity contribution in [2.24, 2.45) is 0 Å². The predicted molar refractivity (Wildman–Crippen MR) is 91.7 cm³/mol. The van der Waals surface area contributed by atoms with Crippen LogP contribution in [0, 0.1) is 0 Å². The standard InChI is InChI=1S/C15H15ClN2O3S2/c16-13-6-7-14(22-13)23(20,21)17-12-5-3-4-11(10-12)15(19)18-8-1-2-9-18/h3-7,10,17H,1-2,8-9H2. The largest absolute Gasteiger partial charge is 0.339 e. The van der Waals surface area contributed by atoms with E-state index < -0.39 is 10.0 Å². The lowest BCUT2D eigenvalue weighted by Gasteiger charge is -2.16. The molecular weight excluding hydrogens is 356 g/mol. The van der Waals surface area contributed by atoms with Crippen molar-refractivity contribution < 1.29 is 13.2 Å². The highest BCUT2D eigenvalue weighted by molar-refractivity contribution is 7.94. The predicted octanol–water partition coefficient (Wildman–Crippen LogP) is 3.44. The fourth-order valence-electron chi connectivity index (χ4n) is 2.47. The Bertz CT molecular complexity index is 827. The number of amides is 1. The maximum atomic E-state index is 12.4. The molecule has 3 rings (SSSR count). The van der Waals surface area contributed by atoms with Gasteiger partial charge in [-0.3, -0.25) is 9.52 Å². The minimum atomic E-state index is -3.69. The van der Waals surface area contributed by atoms with Crippen LogP contribution in [0.1, 0.15) is 23.2 Å².